The third kappa shape index (κ3) is 8.51. The van der Waals surface area contributed by atoms with E-state index in [1.165, 1.54) is 0 Å². The number of aliphatic imine (C=N–C) groups is 1. The molecule has 1 saturated carbocycles. The number of guanidine groups is 1. The zero-order chi connectivity index (χ0) is 23.9. The number of nitrogens with zero attached hydrogens (tertiary/aromatic N) is 1. The van der Waals surface area contributed by atoms with E-state index < -0.39 is 17.6 Å². The van der Waals surface area contributed by atoms with Gasteiger partial charge in [0.15, 0.2) is 5.96 Å². The Kier molecular flexibility index (Phi) is 8.69. The Morgan fingerprint density at radius 3 is 2.16 bits per heavy atom. The second-order valence-corrected chi connectivity index (χ2v) is 9.07. The van der Waals surface area contributed by atoms with E-state index in [4.69, 9.17) is 4.74 Å². The van der Waals surface area contributed by atoms with Crippen LogP contribution >= 0.6 is 0 Å². The fraction of sp³-hybridized carbons (Fsp3) is 0.609. The van der Waals surface area contributed by atoms with Crippen molar-refractivity contribution in [1.82, 2.24) is 10.6 Å². The summed E-state index contributed by atoms with van der Waals surface area (Å²) in [7, 11) is 0. The number of amides is 1. The summed E-state index contributed by atoms with van der Waals surface area (Å²) in [5, 5.41) is 5.86. The number of esters is 1. The van der Waals surface area contributed by atoms with Gasteiger partial charge in [-0.2, -0.15) is 13.2 Å². The molecule has 32 heavy (non-hydrogen) atoms. The van der Waals surface area contributed by atoms with E-state index in [0.717, 1.165) is 49.9 Å². The van der Waals surface area contributed by atoms with E-state index >= 15 is 0 Å². The Hall–Kier alpha value is -2.58. The first kappa shape index (κ1) is 25.7. The van der Waals surface area contributed by atoms with Crippen molar-refractivity contribution >= 4 is 17.8 Å². The lowest BCUT2D eigenvalue weighted by Crippen LogP contribution is -2.50. The third-order valence-corrected chi connectivity index (χ3v) is 5.09. The first-order chi connectivity index (χ1) is 14.9. The molecule has 0 aliphatic heterocycles. The van der Waals surface area contributed by atoms with Crippen molar-refractivity contribution in [2.75, 3.05) is 6.61 Å². The summed E-state index contributed by atoms with van der Waals surface area (Å²) in [4.78, 5) is 29.0. The van der Waals surface area contributed by atoms with Crippen LogP contribution in [0, 0.1) is 5.92 Å². The van der Waals surface area contributed by atoms with Gasteiger partial charge in [0.1, 0.15) is 0 Å². The number of rotatable bonds is 5. The van der Waals surface area contributed by atoms with Crippen LogP contribution in [0.1, 0.15) is 75.7 Å². The summed E-state index contributed by atoms with van der Waals surface area (Å²) in [6.45, 7) is 7.92. The highest BCUT2D eigenvalue weighted by Gasteiger charge is 2.30. The van der Waals surface area contributed by atoms with E-state index in [2.05, 4.69) is 15.6 Å². The largest absolute Gasteiger partial charge is 0.466 e. The first-order valence-electron chi connectivity index (χ1n) is 10.9. The number of carbonyl (C=O) groups excluding carboxylic acids is 2. The molecule has 0 aromatic heterocycles. The van der Waals surface area contributed by atoms with Crippen molar-refractivity contribution in [1.29, 1.82) is 0 Å². The standard InChI is InChI=1S/C23H32F3N3O3/c1-5-32-19(30)14-15-6-12-18(13-7-15)27-21(29-22(2,3)4)28-20(31)16-8-10-17(11-9-16)23(24,25)26/h8-11,15,18H,5-7,12-14H2,1-4H3,(H2,27,28,29,31). The number of halogens is 3. The van der Waals surface area contributed by atoms with Gasteiger partial charge >= 0.3 is 12.1 Å². The maximum absolute atomic E-state index is 12.8. The lowest BCUT2D eigenvalue weighted by molar-refractivity contribution is -0.144. The van der Waals surface area contributed by atoms with E-state index in [1.807, 2.05) is 20.8 Å². The molecule has 2 N–H and O–H groups in total. The third-order valence-electron chi connectivity index (χ3n) is 5.09. The van der Waals surface area contributed by atoms with Crippen LogP contribution in [0.5, 0.6) is 0 Å². The SMILES string of the molecule is CCOC(=O)CC1CCC(N=C(NC(=O)c2ccc(C(F)(F)F)cc2)NC(C)(C)C)CC1. The van der Waals surface area contributed by atoms with Crippen LogP contribution < -0.4 is 10.6 Å². The van der Waals surface area contributed by atoms with Crippen molar-refractivity contribution in [3.63, 3.8) is 0 Å². The average molecular weight is 456 g/mol. The molecule has 1 amide bonds. The molecular weight excluding hydrogens is 423 g/mol. The monoisotopic (exact) mass is 455 g/mol. The Bertz CT molecular complexity index is 807. The smallest absolute Gasteiger partial charge is 0.416 e. The summed E-state index contributed by atoms with van der Waals surface area (Å²) in [6, 6.07) is 4.04. The number of alkyl halides is 3. The molecule has 0 radical (unpaired) electrons. The van der Waals surface area contributed by atoms with Crippen molar-refractivity contribution in [3.8, 4) is 0 Å². The fourth-order valence-corrected chi connectivity index (χ4v) is 3.56. The van der Waals surface area contributed by atoms with Gasteiger partial charge < -0.3 is 10.1 Å². The van der Waals surface area contributed by atoms with E-state index in [9.17, 15) is 22.8 Å². The van der Waals surface area contributed by atoms with Gasteiger partial charge in [0, 0.05) is 17.5 Å². The van der Waals surface area contributed by atoms with Crippen LogP contribution in [-0.4, -0.2) is 36.0 Å². The van der Waals surface area contributed by atoms with Crippen LogP contribution in [0.3, 0.4) is 0 Å². The van der Waals surface area contributed by atoms with Gasteiger partial charge in [0.25, 0.3) is 5.91 Å². The zero-order valence-electron chi connectivity index (χ0n) is 19.0. The van der Waals surface area contributed by atoms with Gasteiger partial charge in [-0.3, -0.25) is 14.9 Å². The predicted molar refractivity (Wildman–Crippen MR) is 116 cm³/mol. The molecule has 0 saturated heterocycles. The number of benzene rings is 1. The van der Waals surface area contributed by atoms with Gasteiger partial charge in [-0.15, -0.1) is 0 Å². The van der Waals surface area contributed by atoms with Gasteiger partial charge in [0.05, 0.1) is 18.2 Å². The molecule has 0 heterocycles. The minimum absolute atomic E-state index is 0.0220. The van der Waals surface area contributed by atoms with Gasteiger partial charge in [-0.05, 0) is 83.6 Å². The van der Waals surface area contributed by atoms with Crippen LogP contribution in [-0.2, 0) is 15.7 Å². The van der Waals surface area contributed by atoms with E-state index in [1.54, 1.807) is 6.92 Å². The minimum atomic E-state index is -4.46. The van der Waals surface area contributed by atoms with Gasteiger partial charge in [-0.1, -0.05) is 0 Å². The summed E-state index contributed by atoms with van der Waals surface area (Å²) in [5.74, 6) is -0.166. The van der Waals surface area contributed by atoms with Crippen LogP contribution in [0.25, 0.3) is 0 Å². The summed E-state index contributed by atoms with van der Waals surface area (Å²) < 4.78 is 43.3. The lowest BCUT2D eigenvalue weighted by Gasteiger charge is -2.28. The molecule has 1 aliphatic rings. The molecule has 0 unspecified atom stereocenters. The number of hydrogen-bond acceptors (Lipinski definition) is 4. The molecule has 0 spiro atoms. The maximum Gasteiger partial charge on any atom is 0.416 e. The van der Waals surface area contributed by atoms with Gasteiger partial charge in [-0.25, -0.2) is 4.99 Å². The first-order valence-corrected chi connectivity index (χ1v) is 10.9. The average Bonchev–Trinajstić information content (AvgIpc) is 2.68. The quantitative estimate of drug-likeness (QED) is 0.384. The Morgan fingerprint density at radius 2 is 1.66 bits per heavy atom. The number of ether oxygens (including phenoxy) is 1. The van der Waals surface area contributed by atoms with E-state index in [-0.39, 0.29) is 35.0 Å². The van der Waals surface area contributed by atoms with Crippen molar-refractivity contribution in [2.24, 2.45) is 10.9 Å². The van der Waals surface area contributed by atoms with Crippen LogP contribution in [0.2, 0.25) is 0 Å². The Labute approximate surface area is 187 Å². The van der Waals surface area contributed by atoms with Crippen LogP contribution in [0.15, 0.2) is 29.3 Å². The molecule has 1 aromatic rings. The van der Waals surface area contributed by atoms with E-state index in [0.29, 0.717) is 13.0 Å². The molecule has 178 valence electrons. The molecule has 1 aliphatic carbocycles. The second-order valence-electron chi connectivity index (χ2n) is 9.07. The fourth-order valence-electron chi connectivity index (χ4n) is 3.56. The number of hydrogen-bond donors (Lipinski definition) is 2. The molecule has 1 aromatic carbocycles. The Balaban J connectivity index is 2.04. The lowest BCUT2D eigenvalue weighted by atomic mass is 9.84. The maximum atomic E-state index is 12.8. The number of nitrogens with one attached hydrogen (secondary N) is 2. The van der Waals surface area contributed by atoms with Crippen molar-refractivity contribution in [2.45, 2.75) is 77.6 Å². The molecular formula is C23H32F3N3O3. The van der Waals surface area contributed by atoms with Crippen molar-refractivity contribution in [3.05, 3.63) is 35.4 Å². The Morgan fingerprint density at radius 1 is 1.06 bits per heavy atom. The molecule has 0 atom stereocenters. The molecule has 6 nitrogen and oxygen atoms in total. The topological polar surface area (TPSA) is 79.8 Å². The summed E-state index contributed by atoms with van der Waals surface area (Å²) in [5.41, 5.74) is -1.08. The molecule has 1 fully saturated rings. The van der Waals surface area contributed by atoms with Gasteiger partial charge in [0.2, 0.25) is 0 Å². The summed E-state index contributed by atoms with van der Waals surface area (Å²) in [6.07, 6.45) is -0.833. The molecule has 9 heteroatoms. The zero-order valence-corrected chi connectivity index (χ0v) is 19.0. The highest BCUT2D eigenvalue weighted by molar-refractivity contribution is 6.05. The highest BCUT2D eigenvalue weighted by atomic mass is 19.4. The molecule has 0 bridgehead atoms. The highest BCUT2D eigenvalue weighted by Crippen LogP contribution is 2.30. The van der Waals surface area contributed by atoms with Crippen LogP contribution in [0.4, 0.5) is 13.2 Å². The predicted octanol–water partition coefficient (Wildman–Crippen LogP) is 4.69. The number of carbonyl (C=O) groups is 2. The normalized spacial score (nSPS) is 19.9. The minimum Gasteiger partial charge on any atom is -0.466 e. The summed E-state index contributed by atoms with van der Waals surface area (Å²) >= 11 is 0. The van der Waals surface area contributed by atoms with Crippen molar-refractivity contribution < 1.29 is 27.5 Å². The molecule has 2 rings (SSSR count). The second kappa shape index (κ2) is 10.8.